The third-order valence-corrected chi connectivity index (χ3v) is 1.95. The molecular weight excluding hydrogens is 198 g/mol. The van der Waals surface area contributed by atoms with E-state index in [4.69, 9.17) is 5.73 Å². The SMILES string of the molecule is CNCCC=Cc1c(F)cc(N)cc1F. The van der Waals surface area contributed by atoms with Gasteiger partial charge in [-0.15, -0.1) is 0 Å². The summed E-state index contributed by atoms with van der Waals surface area (Å²) in [7, 11) is 1.82. The molecule has 0 saturated heterocycles. The Balaban J connectivity index is 2.80. The molecule has 0 aliphatic carbocycles. The maximum absolute atomic E-state index is 13.2. The van der Waals surface area contributed by atoms with Crippen molar-refractivity contribution in [2.24, 2.45) is 0 Å². The lowest BCUT2D eigenvalue weighted by Crippen LogP contribution is -2.05. The standard InChI is InChI=1S/C11H14F2N2/c1-15-5-3-2-4-9-10(12)6-8(14)7-11(9)13/h2,4,6-7,15H,3,5,14H2,1H3. The minimum atomic E-state index is -0.631. The lowest BCUT2D eigenvalue weighted by molar-refractivity contribution is 0.580. The molecule has 3 N–H and O–H groups in total. The van der Waals surface area contributed by atoms with E-state index in [1.807, 2.05) is 7.05 Å². The topological polar surface area (TPSA) is 38.0 Å². The zero-order chi connectivity index (χ0) is 11.3. The molecule has 0 spiro atoms. The quantitative estimate of drug-likeness (QED) is 0.593. The summed E-state index contributed by atoms with van der Waals surface area (Å²) in [4.78, 5) is 0. The highest BCUT2D eigenvalue weighted by atomic mass is 19.1. The lowest BCUT2D eigenvalue weighted by atomic mass is 10.1. The van der Waals surface area contributed by atoms with Crippen LogP contribution in [0.5, 0.6) is 0 Å². The van der Waals surface area contributed by atoms with E-state index in [1.54, 1.807) is 6.08 Å². The molecule has 0 aliphatic heterocycles. The number of rotatable bonds is 4. The fraction of sp³-hybridized carbons (Fsp3) is 0.273. The van der Waals surface area contributed by atoms with Gasteiger partial charge in [-0.2, -0.15) is 0 Å². The molecule has 0 aliphatic rings. The number of benzene rings is 1. The van der Waals surface area contributed by atoms with Gasteiger partial charge in [0.1, 0.15) is 11.6 Å². The summed E-state index contributed by atoms with van der Waals surface area (Å²) >= 11 is 0. The van der Waals surface area contributed by atoms with Crippen LogP contribution in [0.2, 0.25) is 0 Å². The maximum atomic E-state index is 13.2. The van der Waals surface area contributed by atoms with Crippen molar-refractivity contribution in [1.82, 2.24) is 5.32 Å². The molecule has 0 bridgehead atoms. The smallest absolute Gasteiger partial charge is 0.135 e. The number of nitrogens with one attached hydrogen (secondary N) is 1. The van der Waals surface area contributed by atoms with Crippen LogP contribution in [-0.2, 0) is 0 Å². The van der Waals surface area contributed by atoms with Gasteiger partial charge in [0, 0.05) is 11.3 Å². The average Bonchev–Trinajstić information content (AvgIpc) is 2.15. The Labute approximate surface area is 87.8 Å². The molecule has 0 radical (unpaired) electrons. The molecule has 4 heteroatoms. The summed E-state index contributed by atoms with van der Waals surface area (Å²) < 4.78 is 26.5. The predicted octanol–water partition coefficient (Wildman–Crippen LogP) is 2.17. The van der Waals surface area contributed by atoms with Gasteiger partial charge in [0.15, 0.2) is 0 Å². The van der Waals surface area contributed by atoms with E-state index in [1.165, 1.54) is 6.08 Å². The number of nitrogens with two attached hydrogens (primary N) is 1. The maximum Gasteiger partial charge on any atom is 0.135 e. The van der Waals surface area contributed by atoms with Gasteiger partial charge in [0.2, 0.25) is 0 Å². The number of hydrogen-bond acceptors (Lipinski definition) is 2. The third kappa shape index (κ3) is 3.32. The van der Waals surface area contributed by atoms with Gasteiger partial charge in [0.25, 0.3) is 0 Å². The van der Waals surface area contributed by atoms with E-state index in [9.17, 15) is 8.78 Å². The van der Waals surface area contributed by atoms with Gasteiger partial charge in [-0.25, -0.2) is 8.78 Å². The van der Waals surface area contributed by atoms with E-state index in [0.717, 1.165) is 25.1 Å². The van der Waals surface area contributed by atoms with Crippen LogP contribution in [0.4, 0.5) is 14.5 Å². The number of nitrogen functional groups attached to an aromatic ring is 1. The van der Waals surface area contributed by atoms with Crippen LogP contribution in [0.3, 0.4) is 0 Å². The van der Waals surface area contributed by atoms with Crippen LogP contribution in [-0.4, -0.2) is 13.6 Å². The van der Waals surface area contributed by atoms with Crippen molar-refractivity contribution < 1.29 is 8.78 Å². The molecule has 0 unspecified atom stereocenters. The highest BCUT2D eigenvalue weighted by Crippen LogP contribution is 2.18. The van der Waals surface area contributed by atoms with E-state index in [2.05, 4.69) is 5.32 Å². The van der Waals surface area contributed by atoms with Crippen LogP contribution < -0.4 is 11.1 Å². The van der Waals surface area contributed by atoms with Gasteiger partial charge < -0.3 is 11.1 Å². The van der Waals surface area contributed by atoms with Crippen molar-refractivity contribution in [2.75, 3.05) is 19.3 Å². The van der Waals surface area contributed by atoms with E-state index < -0.39 is 11.6 Å². The molecule has 15 heavy (non-hydrogen) atoms. The van der Waals surface area contributed by atoms with Crippen LogP contribution in [0, 0.1) is 11.6 Å². The van der Waals surface area contributed by atoms with Gasteiger partial charge in [-0.05, 0) is 32.1 Å². The molecule has 0 amide bonds. The fourth-order valence-electron chi connectivity index (χ4n) is 1.19. The first-order valence-corrected chi connectivity index (χ1v) is 4.71. The first-order chi connectivity index (χ1) is 7.15. The van der Waals surface area contributed by atoms with Crippen molar-refractivity contribution in [3.05, 3.63) is 35.4 Å². The van der Waals surface area contributed by atoms with Gasteiger partial charge in [-0.3, -0.25) is 0 Å². The molecule has 0 saturated carbocycles. The molecule has 1 aromatic carbocycles. The summed E-state index contributed by atoms with van der Waals surface area (Å²) in [5.41, 5.74) is 5.34. The number of anilines is 1. The second-order valence-corrected chi connectivity index (χ2v) is 3.19. The Morgan fingerprint density at radius 1 is 1.33 bits per heavy atom. The van der Waals surface area contributed by atoms with Crippen molar-refractivity contribution >= 4 is 11.8 Å². The Hall–Kier alpha value is -1.42. The Morgan fingerprint density at radius 3 is 2.47 bits per heavy atom. The summed E-state index contributed by atoms with van der Waals surface area (Å²) in [6, 6.07) is 2.22. The Bertz CT molecular complexity index is 339. The monoisotopic (exact) mass is 212 g/mol. The highest BCUT2D eigenvalue weighted by molar-refractivity contribution is 5.55. The molecule has 0 fully saturated rings. The Morgan fingerprint density at radius 2 is 1.93 bits per heavy atom. The molecule has 1 rings (SSSR count). The number of halogens is 2. The second-order valence-electron chi connectivity index (χ2n) is 3.19. The van der Waals surface area contributed by atoms with Crippen LogP contribution in [0.25, 0.3) is 6.08 Å². The van der Waals surface area contributed by atoms with Gasteiger partial charge >= 0.3 is 0 Å². The van der Waals surface area contributed by atoms with Crippen LogP contribution in [0.1, 0.15) is 12.0 Å². The largest absolute Gasteiger partial charge is 0.399 e. The second kappa shape index (κ2) is 5.46. The molecule has 0 heterocycles. The van der Waals surface area contributed by atoms with Gasteiger partial charge in [0.05, 0.1) is 0 Å². The lowest BCUT2D eigenvalue weighted by Gasteiger charge is -2.01. The summed E-state index contributed by atoms with van der Waals surface area (Å²) in [5, 5.41) is 2.93. The van der Waals surface area contributed by atoms with E-state index in [-0.39, 0.29) is 11.3 Å². The molecule has 1 aromatic rings. The zero-order valence-corrected chi connectivity index (χ0v) is 8.56. The average molecular weight is 212 g/mol. The first-order valence-electron chi connectivity index (χ1n) is 4.71. The minimum Gasteiger partial charge on any atom is -0.399 e. The highest BCUT2D eigenvalue weighted by Gasteiger charge is 2.06. The van der Waals surface area contributed by atoms with Crippen molar-refractivity contribution in [1.29, 1.82) is 0 Å². The van der Waals surface area contributed by atoms with Crippen LogP contribution >= 0.6 is 0 Å². The summed E-state index contributed by atoms with van der Waals surface area (Å²) in [5.74, 6) is -1.26. The predicted molar refractivity (Wildman–Crippen MR) is 58.3 cm³/mol. The van der Waals surface area contributed by atoms with Crippen molar-refractivity contribution in [3.8, 4) is 0 Å². The molecule has 0 aromatic heterocycles. The molecule has 0 atom stereocenters. The fourth-order valence-corrected chi connectivity index (χ4v) is 1.19. The van der Waals surface area contributed by atoms with Crippen LogP contribution in [0.15, 0.2) is 18.2 Å². The van der Waals surface area contributed by atoms with Gasteiger partial charge in [-0.1, -0.05) is 12.2 Å². The zero-order valence-electron chi connectivity index (χ0n) is 8.56. The summed E-state index contributed by atoms with van der Waals surface area (Å²) in [6.07, 6.45) is 3.87. The first kappa shape index (κ1) is 11.7. The summed E-state index contributed by atoms with van der Waals surface area (Å²) in [6.45, 7) is 0.773. The Kier molecular flexibility index (Phi) is 4.24. The normalized spacial score (nSPS) is 11.1. The molecular formula is C11H14F2N2. The number of hydrogen-bond donors (Lipinski definition) is 2. The third-order valence-electron chi connectivity index (χ3n) is 1.95. The minimum absolute atomic E-state index is 0.0414. The molecule has 82 valence electrons. The van der Waals surface area contributed by atoms with Crippen molar-refractivity contribution in [3.63, 3.8) is 0 Å². The molecule has 2 nitrogen and oxygen atoms in total. The van der Waals surface area contributed by atoms with Crippen molar-refractivity contribution in [2.45, 2.75) is 6.42 Å². The van der Waals surface area contributed by atoms with E-state index in [0.29, 0.717) is 0 Å². The van der Waals surface area contributed by atoms with E-state index >= 15 is 0 Å².